The molecule has 18 heavy (non-hydrogen) atoms. The molecule has 94 valence electrons. The molecule has 0 bridgehead atoms. The fourth-order valence-electron chi connectivity index (χ4n) is 2.11. The van der Waals surface area contributed by atoms with Crippen LogP contribution in [0.5, 0.6) is 0 Å². The Bertz CT molecular complexity index is 488. The van der Waals surface area contributed by atoms with E-state index in [0.29, 0.717) is 0 Å². The topological polar surface area (TPSA) is 42.1 Å². The van der Waals surface area contributed by atoms with Crippen LogP contribution in [0.2, 0.25) is 0 Å². The van der Waals surface area contributed by atoms with Crippen LogP contribution in [0.1, 0.15) is 24.1 Å². The summed E-state index contributed by atoms with van der Waals surface area (Å²) >= 11 is 1.76. The van der Waals surface area contributed by atoms with Crippen LogP contribution in [-0.2, 0) is 13.1 Å². The number of thiophene rings is 1. The molecule has 4 heteroatoms. The van der Waals surface area contributed by atoms with Crippen molar-refractivity contribution in [3.8, 4) is 0 Å². The summed E-state index contributed by atoms with van der Waals surface area (Å²) in [5, 5.41) is 4.37. The Morgan fingerprint density at radius 1 is 1.28 bits per heavy atom. The van der Waals surface area contributed by atoms with E-state index >= 15 is 0 Å². The molecule has 0 aromatic carbocycles. The maximum atomic E-state index is 5.66. The Kier molecular flexibility index (Phi) is 3.30. The van der Waals surface area contributed by atoms with Gasteiger partial charge in [0.05, 0.1) is 17.6 Å². The molecule has 1 aliphatic rings. The highest BCUT2D eigenvalue weighted by Crippen LogP contribution is 2.29. The van der Waals surface area contributed by atoms with Gasteiger partial charge in [-0.15, -0.1) is 0 Å². The van der Waals surface area contributed by atoms with Gasteiger partial charge in [0.25, 0.3) is 0 Å². The van der Waals surface area contributed by atoms with Crippen LogP contribution < -0.4 is 5.73 Å². The Labute approximate surface area is 111 Å². The normalized spacial score (nSPS) is 15.2. The Morgan fingerprint density at radius 3 is 2.78 bits per heavy atom. The minimum atomic E-state index is 0.731. The molecular formula is C14H17N3S. The summed E-state index contributed by atoms with van der Waals surface area (Å²) in [6, 6.07) is 6.90. The van der Waals surface area contributed by atoms with E-state index in [1.807, 2.05) is 12.1 Å². The van der Waals surface area contributed by atoms with Crippen LogP contribution in [0, 0.1) is 0 Å². The predicted octanol–water partition coefficient (Wildman–Crippen LogP) is 2.89. The monoisotopic (exact) mass is 259 g/mol. The summed E-state index contributed by atoms with van der Waals surface area (Å²) in [6.45, 7) is 1.95. The lowest BCUT2D eigenvalue weighted by Crippen LogP contribution is -2.25. The molecule has 2 aromatic rings. The number of rotatable bonds is 5. The third-order valence-corrected chi connectivity index (χ3v) is 3.97. The summed E-state index contributed by atoms with van der Waals surface area (Å²) in [7, 11) is 0. The van der Waals surface area contributed by atoms with Crippen molar-refractivity contribution in [3.05, 3.63) is 46.4 Å². The van der Waals surface area contributed by atoms with E-state index in [9.17, 15) is 0 Å². The molecule has 0 atom stereocenters. The molecule has 1 aliphatic carbocycles. The second-order valence-electron chi connectivity index (χ2n) is 4.85. The van der Waals surface area contributed by atoms with Gasteiger partial charge in [-0.05, 0) is 47.4 Å². The Hall–Kier alpha value is -1.39. The number of nitrogens with two attached hydrogens (primary N) is 1. The van der Waals surface area contributed by atoms with Crippen LogP contribution in [0.4, 0.5) is 5.69 Å². The van der Waals surface area contributed by atoms with E-state index in [0.717, 1.165) is 30.5 Å². The van der Waals surface area contributed by atoms with Crippen molar-refractivity contribution in [2.45, 2.75) is 32.0 Å². The van der Waals surface area contributed by atoms with Gasteiger partial charge in [-0.2, -0.15) is 11.3 Å². The van der Waals surface area contributed by atoms with Gasteiger partial charge in [0, 0.05) is 19.1 Å². The molecule has 3 nitrogen and oxygen atoms in total. The quantitative estimate of drug-likeness (QED) is 0.897. The van der Waals surface area contributed by atoms with Crippen LogP contribution in [0.15, 0.2) is 35.2 Å². The number of aromatic nitrogens is 1. The lowest BCUT2D eigenvalue weighted by molar-refractivity contribution is 0.243. The average molecular weight is 259 g/mol. The molecule has 2 heterocycles. The number of anilines is 1. The summed E-state index contributed by atoms with van der Waals surface area (Å²) in [5.74, 6) is 0. The van der Waals surface area contributed by atoms with Gasteiger partial charge in [0.2, 0.25) is 0 Å². The van der Waals surface area contributed by atoms with Crippen LogP contribution in [0.3, 0.4) is 0 Å². The van der Waals surface area contributed by atoms with Gasteiger partial charge in [-0.25, -0.2) is 0 Å². The van der Waals surface area contributed by atoms with Crippen molar-refractivity contribution in [1.29, 1.82) is 0 Å². The van der Waals surface area contributed by atoms with E-state index in [1.54, 1.807) is 17.5 Å². The fraction of sp³-hybridized carbons (Fsp3) is 0.357. The maximum absolute atomic E-state index is 5.66. The summed E-state index contributed by atoms with van der Waals surface area (Å²) in [4.78, 5) is 6.91. The van der Waals surface area contributed by atoms with Gasteiger partial charge in [0.15, 0.2) is 0 Å². The minimum Gasteiger partial charge on any atom is -0.397 e. The fourth-order valence-corrected chi connectivity index (χ4v) is 2.77. The van der Waals surface area contributed by atoms with Crippen molar-refractivity contribution >= 4 is 17.0 Å². The predicted molar refractivity (Wildman–Crippen MR) is 75.2 cm³/mol. The van der Waals surface area contributed by atoms with E-state index in [-0.39, 0.29) is 0 Å². The van der Waals surface area contributed by atoms with Gasteiger partial charge in [0.1, 0.15) is 0 Å². The van der Waals surface area contributed by atoms with Gasteiger partial charge in [-0.3, -0.25) is 9.88 Å². The number of hydrogen-bond acceptors (Lipinski definition) is 4. The summed E-state index contributed by atoms with van der Waals surface area (Å²) in [5.41, 5.74) is 8.90. The molecular weight excluding hydrogens is 242 g/mol. The number of nitrogens with zero attached hydrogens (tertiary/aromatic N) is 2. The molecule has 2 N–H and O–H groups in total. The molecule has 0 radical (unpaired) electrons. The molecule has 0 aliphatic heterocycles. The number of nitrogen functional groups attached to an aromatic ring is 1. The van der Waals surface area contributed by atoms with E-state index in [4.69, 9.17) is 5.73 Å². The number of pyridine rings is 1. The molecule has 0 spiro atoms. The van der Waals surface area contributed by atoms with Crippen molar-refractivity contribution in [1.82, 2.24) is 9.88 Å². The van der Waals surface area contributed by atoms with Gasteiger partial charge < -0.3 is 5.73 Å². The molecule has 1 saturated carbocycles. The van der Waals surface area contributed by atoms with E-state index in [1.165, 1.54) is 18.4 Å². The van der Waals surface area contributed by atoms with Crippen molar-refractivity contribution in [2.75, 3.05) is 5.73 Å². The van der Waals surface area contributed by atoms with Gasteiger partial charge in [-0.1, -0.05) is 0 Å². The van der Waals surface area contributed by atoms with Crippen LogP contribution in [0.25, 0.3) is 0 Å². The third kappa shape index (κ3) is 2.89. The standard InChI is InChI=1S/C14H17N3S/c15-12-1-2-13(16-7-12)9-17(14-3-4-14)8-11-5-6-18-10-11/h1-2,5-7,10,14H,3-4,8-9,15H2. The van der Waals surface area contributed by atoms with Crippen molar-refractivity contribution in [2.24, 2.45) is 0 Å². The molecule has 0 unspecified atom stereocenters. The highest BCUT2D eigenvalue weighted by Gasteiger charge is 2.29. The summed E-state index contributed by atoms with van der Waals surface area (Å²) in [6.07, 6.45) is 4.38. The summed E-state index contributed by atoms with van der Waals surface area (Å²) < 4.78 is 0. The van der Waals surface area contributed by atoms with Crippen molar-refractivity contribution < 1.29 is 0 Å². The molecule has 0 saturated heterocycles. The highest BCUT2D eigenvalue weighted by atomic mass is 32.1. The first-order valence-corrected chi connectivity index (χ1v) is 7.21. The zero-order valence-electron chi connectivity index (χ0n) is 10.2. The maximum Gasteiger partial charge on any atom is 0.0545 e. The Morgan fingerprint density at radius 2 is 2.17 bits per heavy atom. The highest BCUT2D eigenvalue weighted by molar-refractivity contribution is 7.07. The third-order valence-electron chi connectivity index (χ3n) is 3.24. The first-order chi connectivity index (χ1) is 8.81. The first-order valence-electron chi connectivity index (χ1n) is 6.27. The average Bonchev–Trinajstić information content (AvgIpc) is 3.10. The van der Waals surface area contributed by atoms with Crippen molar-refractivity contribution in [3.63, 3.8) is 0 Å². The van der Waals surface area contributed by atoms with Crippen LogP contribution >= 0.6 is 11.3 Å². The van der Waals surface area contributed by atoms with Crippen LogP contribution in [-0.4, -0.2) is 15.9 Å². The molecule has 2 aromatic heterocycles. The molecule has 0 amide bonds. The second kappa shape index (κ2) is 5.08. The zero-order valence-corrected chi connectivity index (χ0v) is 11.1. The lowest BCUT2D eigenvalue weighted by Gasteiger charge is -2.21. The largest absolute Gasteiger partial charge is 0.397 e. The first kappa shape index (κ1) is 11.7. The number of hydrogen-bond donors (Lipinski definition) is 1. The minimum absolute atomic E-state index is 0.731. The lowest BCUT2D eigenvalue weighted by atomic mass is 10.2. The second-order valence-corrected chi connectivity index (χ2v) is 5.63. The molecule has 1 fully saturated rings. The molecule has 3 rings (SSSR count). The smallest absolute Gasteiger partial charge is 0.0545 e. The van der Waals surface area contributed by atoms with E-state index in [2.05, 4.69) is 26.7 Å². The van der Waals surface area contributed by atoms with E-state index < -0.39 is 0 Å². The Balaban J connectivity index is 1.68. The zero-order chi connectivity index (χ0) is 12.4. The SMILES string of the molecule is Nc1ccc(CN(Cc2ccsc2)C2CC2)nc1. The van der Waals surface area contributed by atoms with Gasteiger partial charge >= 0.3 is 0 Å².